The van der Waals surface area contributed by atoms with E-state index in [0.717, 1.165) is 162 Å². The van der Waals surface area contributed by atoms with Crippen molar-refractivity contribution in [3.05, 3.63) is 115 Å². The van der Waals surface area contributed by atoms with E-state index in [1.54, 1.807) is 6.20 Å². The van der Waals surface area contributed by atoms with Crippen LogP contribution in [0.5, 0.6) is 46.0 Å². The van der Waals surface area contributed by atoms with E-state index in [0.29, 0.717) is 194 Å². The maximum atomic E-state index is 7.40. The molecule has 17 heteroatoms. The van der Waals surface area contributed by atoms with Gasteiger partial charge in [-0.15, -0.1) is 0 Å². The molecule has 2 aliphatic heterocycles. The number of aryl methyl sites for hydroxylation is 1. The summed E-state index contributed by atoms with van der Waals surface area (Å²) in [7, 11) is 2.03. The van der Waals surface area contributed by atoms with E-state index in [-0.39, 0.29) is 0 Å². The molecule has 6 heterocycles. The molecule has 13 aromatic rings. The normalized spacial score (nSPS) is 12.0. The van der Waals surface area contributed by atoms with Crippen molar-refractivity contribution < 1.29 is 37.9 Å². The maximum Gasteiger partial charge on any atom is 0.168 e. The third kappa shape index (κ3) is 13.0. The predicted molar refractivity (Wildman–Crippen MR) is 427 cm³/mol. The number of hydrogen-bond donors (Lipinski definition) is 1. The molecule has 2 aliphatic rings. The number of unbranched alkanes of at least 4 members (excludes halogenated alkanes) is 8. The Hall–Kier alpha value is -10.6. The minimum Gasteiger partial charge on any atom is -0.492 e. The second kappa shape index (κ2) is 31.4. The Bertz CT molecular complexity index is 5630. The Morgan fingerprint density at radius 2 is 0.581 bits per heavy atom. The van der Waals surface area contributed by atoms with Crippen LogP contribution >= 0.6 is 0 Å². The van der Waals surface area contributed by atoms with Crippen molar-refractivity contribution in [1.29, 1.82) is 0 Å². The molecule has 4 aromatic heterocycles. The van der Waals surface area contributed by atoms with E-state index >= 15 is 0 Å². The first-order valence-corrected chi connectivity index (χ1v) is 38.7. The van der Waals surface area contributed by atoms with Crippen molar-refractivity contribution in [2.24, 2.45) is 7.05 Å². The van der Waals surface area contributed by atoms with Crippen LogP contribution in [-0.2, 0) is 7.05 Å². The first-order valence-electron chi connectivity index (χ1n) is 38.7. The molecular weight excluding hydrogens is 1310 g/mol. The van der Waals surface area contributed by atoms with Crippen LogP contribution in [0.4, 0.5) is 0 Å². The Kier molecular flexibility index (Phi) is 21.0. The lowest BCUT2D eigenvalue weighted by atomic mass is 9.95. The molecule has 0 unspecified atom stereocenters. The summed E-state index contributed by atoms with van der Waals surface area (Å²) in [5.74, 6) is 6.24. The Morgan fingerprint density at radius 1 is 0.295 bits per heavy atom. The Labute approximate surface area is 613 Å². The number of pyridine rings is 1. The van der Waals surface area contributed by atoms with Crippen molar-refractivity contribution in [1.82, 2.24) is 44.4 Å². The zero-order valence-electron chi connectivity index (χ0n) is 62.3. The molecule has 15 rings (SSSR count). The largest absolute Gasteiger partial charge is 0.492 e. The van der Waals surface area contributed by atoms with Gasteiger partial charge in [0.1, 0.15) is 68.4 Å². The molecular formula is C88H95N9O8. The van der Waals surface area contributed by atoms with E-state index in [1.807, 2.05) is 19.2 Å². The number of aromatic amines is 1. The highest BCUT2D eigenvalue weighted by Crippen LogP contribution is 2.57. The van der Waals surface area contributed by atoms with Crippen LogP contribution < -0.4 is 37.9 Å². The summed E-state index contributed by atoms with van der Waals surface area (Å²) in [6, 6.07) is 38.2. The highest BCUT2D eigenvalue weighted by Gasteiger charge is 2.37. The van der Waals surface area contributed by atoms with Crippen molar-refractivity contribution >= 4 is 109 Å². The maximum absolute atomic E-state index is 7.40. The number of aromatic nitrogens is 9. The monoisotopic (exact) mass is 1410 g/mol. The third-order valence-corrected chi connectivity index (χ3v) is 20.2. The van der Waals surface area contributed by atoms with Gasteiger partial charge >= 0.3 is 0 Å². The number of rotatable bonds is 32. The Balaban J connectivity index is 1.24. The first kappa shape index (κ1) is 70.1. The van der Waals surface area contributed by atoms with Gasteiger partial charge in [-0.25, -0.2) is 29.9 Å². The highest BCUT2D eigenvalue weighted by molar-refractivity contribution is 6.24. The zero-order chi connectivity index (χ0) is 72.1. The van der Waals surface area contributed by atoms with E-state index in [4.69, 9.17) is 72.8 Å². The molecule has 540 valence electrons. The molecule has 0 spiro atoms. The van der Waals surface area contributed by atoms with Crippen LogP contribution in [0.2, 0.25) is 0 Å². The molecule has 0 fully saturated rings. The summed E-state index contributed by atoms with van der Waals surface area (Å²) in [4.78, 5) is 44.7. The fraction of sp³-hybridized carbons (Fsp3) is 0.375. The van der Waals surface area contributed by atoms with Gasteiger partial charge in [0.15, 0.2) is 29.0 Å². The van der Waals surface area contributed by atoms with Gasteiger partial charge in [-0.1, -0.05) is 180 Å². The molecule has 0 amide bonds. The number of benzene rings is 9. The SMILES string of the molecule is CCCCOc1c2c(c(OCCCC)c3cc4ccccc4cc13)-c1nc-2nc2[nH]c(nc3nc(nc4c5c(OCCCC)c6cc7ccccc7cc6c(OCCCC)c5c(n1)n4C)-c1c-3c(OCCCC)c3ccccc3c1OCCCC)c1c(OCCCC)c3ncccc3c(OCCCC)c21. The van der Waals surface area contributed by atoms with Crippen LogP contribution in [0.1, 0.15) is 158 Å². The number of H-pyrrole nitrogens is 1. The molecule has 17 nitrogen and oxygen atoms in total. The van der Waals surface area contributed by atoms with Crippen LogP contribution in [0, 0.1) is 0 Å². The van der Waals surface area contributed by atoms with Crippen molar-refractivity contribution in [3.63, 3.8) is 0 Å². The minimum absolute atomic E-state index is 0.332. The lowest BCUT2D eigenvalue weighted by molar-refractivity contribution is 0.308. The number of nitrogens with zero attached hydrogens (tertiary/aromatic N) is 8. The first-order chi connectivity index (χ1) is 51.7. The quantitative estimate of drug-likeness (QED) is 0.0310. The predicted octanol–water partition coefficient (Wildman–Crippen LogP) is 22.6. The molecule has 8 bridgehead atoms. The minimum atomic E-state index is 0.332. The van der Waals surface area contributed by atoms with E-state index in [2.05, 4.69) is 162 Å². The molecule has 1 N–H and O–H groups in total. The second-order valence-corrected chi connectivity index (χ2v) is 27.7. The number of hydrogen-bond acceptors (Lipinski definition) is 15. The number of fused-ring (bicyclic) bond motifs is 26. The summed E-state index contributed by atoms with van der Waals surface area (Å²) in [5, 5.41) is 12.8. The highest BCUT2D eigenvalue weighted by atomic mass is 16.5. The summed E-state index contributed by atoms with van der Waals surface area (Å²) >= 11 is 0. The third-order valence-electron chi connectivity index (χ3n) is 20.2. The van der Waals surface area contributed by atoms with Crippen molar-refractivity contribution in [2.45, 2.75) is 158 Å². The smallest absolute Gasteiger partial charge is 0.168 e. The van der Waals surface area contributed by atoms with Gasteiger partial charge in [0.25, 0.3) is 0 Å². The van der Waals surface area contributed by atoms with E-state index in [9.17, 15) is 0 Å². The molecule has 0 atom stereocenters. The van der Waals surface area contributed by atoms with Gasteiger partial charge in [0.2, 0.25) is 0 Å². The van der Waals surface area contributed by atoms with Crippen molar-refractivity contribution in [2.75, 3.05) is 52.9 Å². The summed E-state index contributed by atoms with van der Waals surface area (Å²) in [6.07, 6.45) is 15.4. The average molecular weight is 1410 g/mol. The van der Waals surface area contributed by atoms with Crippen LogP contribution in [-0.4, -0.2) is 97.3 Å². The lowest BCUT2D eigenvalue weighted by Gasteiger charge is -2.19. The fourth-order valence-corrected chi connectivity index (χ4v) is 14.6. The average Bonchev–Trinajstić information content (AvgIpc) is 1.57. The molecule has 105 heavy (non-hydrogen) atoms. The standard InChI is InChI=1S/C88H95N9O8/c1-10-18-41-98-73-57-37-30-31-38-58(57)74(99-42-19-11-2)65-64(73)81-91-84-69-68(75(100-43-20-12-3)59-39-32-40-89-72(59)80(69)105-48-25-17-8)83(92-84)90-82-66-67(77(102-45-22-14-5)61-50-54-34-27-26-33-53(54)49-60(61)76(66)101-44-21-13-4)86(94-82)96-88-71-70(87(97(88)9)95-85(65)93-81)78(103-46-23-15-6)62-51-55-35-28-29-36-56(55)52-63(62)79(71)104-47-24-16-7/h26-40,49-52H,10-25,41-48H2,1-9H3,(H,90,91,92,93,94,95,96). The summed E-state index contributed by atoms with van der Waals surface area (Å²) < 4.78 is 60.4. The van der Waals surface area contributed by atoms with Gasteiger partial charge in [-0.3, -0.25) is 4.98 Å². The fourth-order valence-electron chi connectivity index (χ4n) is 14.6. The van der Waals surface area contributed by atoms with Crippen molar-refractivity contribution in [3.8, 4) is 91.5 Å². The molecule has 0 saturated heterocycles. The van der Waals surface area contributed by atoms with Gasteiger partial charge in [-0.05, 0) is 109 Å². The second-order valence-electron chi connectivity index (χ2n) is 27.7. The zero-order valence-corrected chi connectivity index (χ0v) is 62.3. The van der Waals surface area contributed by atoms with Gasteiger partial charge in [-0.2, -0.15) is 0 Å². The molecule has 0 aliphatic carbocycles. The van der Waals surface area contributed by atoms with E-state index in [1.165, 1.54) is 0 Å². The van der Waals surface area contributed by atoms with E-state index < -0.39 is 0 Å². The topological polar surface area (TPSA) is 185 Å². The van der Waals surface area contributed by atoms with Gasteiger partial charge < -0.3 is 47.4 Å². The number of nitrogens with one attached hydrogen (secondary N) is 1. The summed E-state index contributed by atoms with van der Waals surface area (Å²) in [6.45, 7) is 20.8. The molecule has 9 aromatic carbocycles. The van der Waals surface area contributed by atoms with Crippen LogP contribution in [0.15, 0.2) is 115 Å². The van der Waals surface area contributed by atoms with Crippen LogP contribution in [0.25, 0.3) is 154 Å². The van der Waals surface area contributed by atoms with Crippen LogP contribution in [0.3, 0.4) is 0 Å². The lowest BCUT2D eigenvalue weighted by Crippen LogP contribution is -2.04. The molecule has 0 saturated carbocycles. The van der Waals surface area contributed by atoms with Gasteiger partial charge in [0, 0.05) is 50.9 Å². The summed E-state index contributed by atoms with van der Waals surface area (Å²) in [5.41, 5.74) is 4.99. The number of ether oxygens (including phenoxy) is 8. The molecule has 0 radical (unpaired) electrons. The Morgan fingerprint density at radius 3 is 0.943 bits per heavy atom. The van der Waals surface area contributed by atoms with Gasteiger partial charge in [0.05, 0.1) is 96.7 Å².